The molecular weight excluding hydrogens is 406 g/mol. The minimum Gasteiger partial charge on any atom is -0.444 e. The van der Waals surface area contributed by atoms with E-state index in [2.05, 4.69) is 5.32 Å². The molecule has 2 heterocycles. The summed E-state index contributed by atoms with van der Waals surface area (Å²) in [6.45, 7) is 10.5. The number of amides is 2. The monoisotopic (exact) mass is 441 g/mol. The van der Waals surface area contributed by atoms with Crippen LogP contribution in [0.25, 0.3) is 0 Å². The summed E-state index contributed by atoms with van der Waals surface area (Å²) in [4.78, 5) is 27.0. The highest BCUT2D eigenvalue weighted by molar-refractivity contribution is 5.92. The summed E-state index contributed by atoms with van der Waals surface area (Å²) in [6.07, 6.45) is 3.25. The van der Waals surface area contributed by atoms with Gasteiger partial charge >= 0.3 is 6.09 Å². The van der Waals surface area contributed by atoms with Gasteiger partial charge in [0.1, 0.15) is 11.3 Å². The van der Waals surface area contributed by atoms with Gasteiger partial charge in [0.05, 0.1) is 6.61 Å². The third kappa shape index (κ3) is 6.36. The zero-order valence-electron chi connectivity index (χ0n) is 19.6. The van der Waals surface area contributed by atoms with E-state index in [1.54, 1.807) is 4.90 Å². The van der Waals surface area contributed by atoms with Crippen molar-refractivity contribution in [3.05, 3.63) is 59.4 Å². The predicted octanol–water partition coefficient (Wildman–Crippen LogP) is 4.53. The van der Waals surface area contributed by atoms with Crippen molar-refractivity contribution >= 4 is 12.0 Å². The molecule has 7 nitrogen and oxygen atoms in total. The zero-order valence-corrected chi connectivity index (χ0v) is 19.6. The molecule has 0 saturated carbocycles. The number of hydrogen-bond acceptors (Lipinski definition) is 4. The quantitative estimate of drug-likeness (QED) is 0.685. The molecule has 7 heteroatoms. The van der Waals surface area contributed by atoms with Crippen LogP contribution in [0.3, 0.4) is 0 Å². The summed E-state index contributed by atoms with van der Waals surface area (Å²) < 4.78 is 13.1. The summed E-state index contributed by atoms with van der Waals surface area (Å²) >= 11 is 0. The first kappa shape index (κ1) is 23.9. The maximum Gasteiger partial charge on any atom is 0.410 e. The largest absolute Gasteiger partial charge is 0.444 e. The number of benzene rings is 1. The van der Waals surface area contributed by atoms with Gasteiger partial charge in [0, 0.05) is 38.5 Å². The predicted molar refractivity (Wildman–Crippen MR) is 123 cm³/mol. The molecule has 1 N–H and O–H groups in total. The smallest absolute Gasteiger partial charge is 0.410 e. The lowest BCUT2D eigenvalue weighted by atomic mass is 10.0. The molecule has 1 aliphatic heterocycles. The number of piperidine rings is 1. The Labute approximate surface area is 190 Å². The number of likely N-dealkylation sites (tertiary alicyclic amines) is 1. The lowest BCUT2D eigenvalue weighted by Gasteiger charge is -2.34. The number of hydrogen-bond donors (Lipinski definition) is 1. The Kier molecular flexibility index (Phi) is 7.96. The van der Waals surface area contributed by atoms with Crippen molar-refractivity contribution in [2.45, 2.75) is 65.3 Å². The Morgan fingerprint density at radius 2 is 1.75 bits per heavy atom. The van der Waals surface area contributed by atoms with E-state index in [1.165, 1.54) is 0 Å². The van der Waals surface area contributed by atoms with E-state index in [1.807, 2.05) is 74.9 Å². The van der Waals surface area contributed by atoms with Crippen molar-refractivity contribution in [2.75, 3.05) is 19.7 Å². The van der Waals surface area contributed by atoms with Crippen LogP contribution in [0.5, 0.6) is 0 Å². The fourth-order valence-electron chi connectivity index (χ4n) is 3.91. The van der Waals surface area contributed by atoms with E-state index in [0.29, 0.717) is 38.5 Å². The SMILES string of the molecule is CCOCc1ccccc1CNC(=O)c1cccn1C1CCN(C(=O)OC(C)(C)C)CC1. The Balaban J connectivity index is 1.58. The van der Waals surface area contributed by atoms with Gasteiger partial charge in [0.2, 0.25) is 0 Å². The molecule has 0 aliphatic carbocycles. The Morgan fingerprint density at radius 3 is 2.41 bits per heavy atom. The molecule has 174 valence electrons. The summed E-state index contributed by atoms with van der Waals surface area (Å²) in [5, 5.41) is 3.05. The molecule has 1 aromatic carbocycles. The van der Waals surface area contributed by atoms with E-state index in [0.717, 1.165) is 24.0 Å². The van der Waals surface area contributed by atoms with Crippen LogP contribution < -0.4 is 5.32 Å². The first-order chi connectivity index (χ1) is 15.3. The van der Waals surface area contributed by atoms with Crippen molar-refractivity contribution in [3.8, 4) is 0 Å². The van der Waals surface area contributed by atoms with Crippen molar-refractivity contribution in [2.24, 2.45) is 0 Å². The number of nitrogens with zero attached hydrogens (tertiary/aromatic N) is 2. The normalized spacial score (nSPS) is 14.9. The second kappa shape index (κ2) is 10.7. The number of ether oxygens (including phenoxy) is 2. The highest BCUT2D eigenvalue weighted by Gasteiger charge is 2.28. The number of carbonyl (C=O) groups is 2. The van der Waals surface area contributed by atoms with Gasteiger partial charge in [-0.15, -0.1) is 0 Å². The van der Waals surface area contributed by atoms with Crippen molar-refractivity contribution in [1.82, 2.24) is 14.8 Å². The molecule has 2 aromatic rings. The van der Waals surface area contributed by atoms with E-state index < -0.39 is 5.60 Å². The van der Waals surface area contributed by atoms with Gasteiger partial charge in [-0.25, -0.2) is 4.79 Å². The Morgan fingerprint density at radius 1 is 1.06 bits per heavy atom. The lowest BCUT2D eigenvalue weighted by molar-refractivity contribution is 0.0187. The van der Waals surface area contributed by atoms with Gasteiger partial charge < -0.3 is 24.3 Å². The van der Waals surface area contributed by atoms with Crippen LogP contribution in [0.4, 0.5) is 4.79 Å². The van der Waals surface area contributed by atoms with E-state index in [4.69, 9.17) is 9.47 Å². The van der Waals surface area contributed by atoms with Crippen LogP contribution in [0, 0.1) is 0 Å². The zero-order chi connectivity index (χ0) is 23.1. The molecule has 0 bridgehead atoms. The molecule has 1 fully saturated rings. The summed E-state index contributed by atoms with van der Waals surface area (Å²) in [5.74, 6) is -0.101. The molecule has 1 aromatic heterocycles. The molecule has 1 saturated heterocycles. The van der Waals surface area contributed by atoms with Crippen LogP contribution in [-0.4, -0.2) is 46.8 Å². The molecular formula is C25H35N3O4. The van der Waals surface area contributed by atoms with E-state index in [-0.39, 0.29) is 18.0 Å². The molecule has 0 spiro atoms. The van der Waals surface area contributed by atoms with Gasteiger partial charge in [-0.1, -0.05) is 24.3 Å². The topological polar surface area (TPSA) is 72.8 Å². The van der Waals surface area contributed by atoms with Crippen molar-refractivity contribution < 1.29 is 19.1 Å². The van der Waals surface area contributed by atoms with E-state index in [9.17, 15) is 9.59 Å². The van der Waals surface area contributed by atoms with Crippen LogP contribution in [0.15, 0.2) is 42.6 Å². The molecule has 2 amide bonds. The second-order valence-electron chi connectivity index (χ2n) is 9.09. The van der Waals surface area contributed by atoms with Crippen molar-refractivity contribution in [3.63, 3.8) is 0 Å². The maximum atomic E-state index is 12.9. The second-order valence-corrected chi connectivity index (χ2v) is 9.09. The lowest BCUT2D eigenvalue weighted by Crippen LogP contribution is -2.42. The highest BCUT2D eigenvalue weighted by Crippen LogP contribution is 2.26. The molecule has 3 rings (SSSR count). The molecule has 0 radical (unpaired) electrons. The molecule has 0 atom stereocenters. The van der Waals surface area contributed by atoms with Crippen molar-refractivity contribution in [1.29, 1.82) is 0 Å². The van der Waals surface area contributed by atoms with Gasteiger partial charge in [-0.3, -0.25) is 4.79 Å². The highest BCUT2D eigenvalue weighted by atomic mass is 16.6. The van der Waals surface area contributed by atoms with Gasteiger partial charge in [-0.05, 0) is 63.8 Å². The third-order valence-corrected chi connectivity index (χ3v) is 5.54. The number of nitrogens with one attached hydrogen (secondary N) is 1. The fourth-order valence-corrected chi connectivity index (χ4v) is 3.91. The average molecular weight is 442 g/mol. The molecule has 32 heavy (non-hydrogen) atoms. The minimum atomic E-state index is -0.499. The first-order valence-electron chi connectivity index (χ1n) is 11.4. The molecule has 0 unspecified atom stereocenters. The van der Waals surface area contributed by atoms with Crippen LogP contribution in [0.1, 0.15) is 68.2 Å². The summed E-state index contributed by atoms with van der Waals surface area (Å²) in [7, 11) is 0. The summed E-state index contributed by atoms with van der Waals surface area (Å²) in [5.41, 5.74) is 2.28. The standard InChI is InChI=1S/C25H35N3O4/c1-5-31-18-20-10-7-6-9-19(20)17-26-23(29)22-11-8-14-28(22)21-12-15-27(16-13-21)24(30)32-25(2,3)4/h6-11,14,21H,5,12-13,15-18H2,1-4H3,(H,26,29). The van der Waals surface area contributed by atoms with Gasteiger partial charge in [-0.2, -0.15) is 0 Å². The van der Waals surface area contributed by atoms with Gasteiger partial charge in [0.15, 0.2) is 0 Å². The Hall–Kier alpha value is -2.80. The summed E-state index contributed by atoms with van der Waals surface area (Å²) in [6, 6.07) is 11.9. The van der Waals surface area contributed by atoms with Crippen LogP contribution in [0.2, 0.25) is 0 Å². The minimum absolute atomic E-state index is 0.101. The third-order valence-electron chi connectivity index (χ3n) is 5.54. The first-order valence-corrected chi connectivity index (χ1v) is 11.4. The van der Waals surface area contributed by atoms with Gasteiger partial charge in [0.25, 0.3) is 5.91 Å². The number of carbonyl (C=O) groups excluding carboxylic acids is 2. The molecule has 1 aliphatic rings. The Bertz CT molecular complexity index is 908. The van der Waals surface area contributed by atoms with Crippen LogP contribution in [-0.2, 0) is 22.6 Å². The number of aromatic nitrogens is 1. The van der Waals surface area contributed by atoms with E-state index >= 15 is 0 Å². The fraction of sp³-hybridized carbons (Fsp3) is 0.520. The maximum absolute atomic E-state index is 12.9. The van der Waals surface area contributed by atoms with Crippen LogP contribution >= 0.6 is 0 Å². The number of rotatable bonds is 7. The average Bonchev–Trinajstić information content (AvgIpc) is 3.25.